The van der Waals surface area contributed by atoms with Gasteiger partial charge in [0.15, 0.2) is 0 Å². The van der Waals surface area contributed by atoms with Crippen molar-refractivity contribution < 1.29 is 0 Å². The van der Waals surface area contributed by atoms with Gasteiger partial charge in [0.05, 0.1) is 5.56 Å². The smallest absolute Gasteiger partial charge is 0.146 e. The van der Waals surface area contributed by atoms with Gasteiger partial charge in [0.1, 0.15) is 11.9 Å². The molecule has 0 fully saturated rings. The zero-order valence-electron chi connectivity index (χ0n) is 12.1. The van der Waals surface area contributed by atoms with Crippen LogP contribution < -0.4 is 4.90 Å². The van der Waals surface area contributed by atoms with Crippen molar-refractivity contribution in [2.75, 3.05) is 39.1 Å². The summed E-state index contributed by atoms with van der Waals surface area (Å²) in [5, 5.41) is 9.29. The fourth-order valence-corrected chi connectivity index (χ4v) is 2.56. The van der Waals surface area contributed by atoms with Gasteiger partial charge in [-0.15, -0.1) is 0 Å². The van der Waals surface area contributed by atoms with Gasteiger partial charge in [-0.3, -0.25) is 0 Å². The van der Waals surface area contributed by atoms with E-state index in [2.05, 4.69) is 30.0 Å². The van der Waals surface area contributed by atoms with Gasteiger partial charge in [0.2, 0.25) is 0 Å². The zero-order chi connectivity index (χ0) is 13.8. The SMILES string of the molecule is CN(C)CCCN(C)c1nc2c(cc1C#N)CCC2. The Hall–Kier alpha value is -1.60. The molecule has 1 aliphatic rings. The Bertz CT molecular complexity index is 488. The van der Waals surface area contributed by atoms with Crippen LogP contribution in [0.5, 0.6) is 0 Å². The van der Waals surface area contributed by atoms with Crippen molar-refractivity contribution in [3.63, 3.8) is 0 Å². The van der Waals surface area contributed by atoms with Crippen LogP contribution in [0.15, 0.2) is 6.07 Å². The summed E-state index contributed by atoms with van der Waals surface area (Å²) in [6.07, 6.45) is 4.37. The lowest BCUT2D eigenvalue weighted by atomic mass is 10.1. The zero-order valence-corrected chi connectivity index (χ0v) is 12.1. The quantitative estimate of drug-likeness (QED) is 0.808. The molecule has 19 heavy (non-hydrogen) atoms. The van der Waals surface area contributed by atoms with Crippen molar-refractivity contribution >= 4 is 5.82 Å². The molecule has 2 rings (SSSR count). The lowest BCUT2D eigenvalue weighted by Crippen LogP contribution is -2.25. The highest BCUT2D eigenvalue weighted by molar-refractivity contribution is 5.56. The van der Waals surface area contributed by atoms with Gasteiger partial charge in [0, 0.05) is 19.3 Å². The highest BCUT2D eigenvalue weighted by atomic mass is 15.2. The maximum atomic E-state index is 9.29. The van der Waals surface area contributed by atoms with Crippen LogP contribution in [-0.4, -0.2) is 44.1 Å². The van der Waals surface area contributed by atoms with E-state index in [9.17, 15) is 5.26 Å². The number of nitrogens with zero attached hydrogens (tertiary/aromatic N) is 4. The summed E-state index contributed by atoms with van der Waals surface area (Å²) in [7, 11) is 6.18. The summed E-state index contributed by atoms with van der Waals surface area (Å²) in [5.41, 5.74) is 3.17. The molecule has 0 atom stereocenters. The number of rotatable bonds is 5. The summed E-state index contributed by atoms with van der Waals surface area (Å²) >= 11 is 0. The van der Waals surface area contributed by atoms with Gasteiger partial charge in [0.25, 0.3) is 0 Å². The Morgan fingerprint density at radius 2 is 2.05 bits per heavy atom. The van der Waals surface area contributed by atoms with Gasteiger partial charge < -0.3 is 9.80 Å². The van der Waals surface area contributed by atoms with E-state index in [0.717, 1.165) is 38.2 Å². The second-order valence-corrected chi connectivity index (χ2v) is 5.51. The molecule has 1 aromatic heterocycles. The minimum Gasteiger partial charge on any atom is -0.359 e. The molecule has 1 heterocycles. The van der Waals surface area contributed by atoms with Crippen LogP contribution in [0.3, 0.4) is 0 Å². The summed E-state index contributed by atoms with van der Waals surface area (Å²) in [4.78, 5) is 9.00. The Morgan fingerprint density at radius 1 is 1.26 bits per heavy atom. The lowest BCUT2D eigenvalue weighted by molar-refractivity contribution is 0.401. The van der Waals surface area contributed by atoms with E-state index in [-0.39, 0.29) is 0 Å². The van der Waals surface area contributed by atoms with E-state index in [0.29, 0.717) is 5.56 Å². The molecule has 0 spiro atoms. The third kappa shape index (κ3) is 3.24. The third-order valence-electron chi connectivity index (χ3n) is 3.61. The van der Waals surface area contributed by atoms with Crippen molar-refractivity contribution in [3.05, 3.63) is 22.9 Å². The molecule has 4 nitrogen and oxygen atoms in total. The van der Waals surface area contributed by atoms with Crippen LogP contribution in [0.25, 0.3) is 0 Å². The first-order chi connectivity index (χ1) is 9.11. The van der Waals surface area contributed by atoms with Crippen LogP contribution in [0.2, 0.25) is 0 Å². The van der Waals surface area contributed by atoms with Crippen molar-refractivity contribution in [2.45, 2.75) is 25.7 Å². The van der Waals surface area contributed by atoms with E-state index < -0.39 is 0 Å². The van der Waals surface area contributed by atoms with Crippen LogP contribution in [0.1, 0.15) is 29.7 Å². The highest BCUT2D eigenvalue weighted by Crippen LogP contribution is 2.26. The van der Waals surface area contributed by atoms with Crippen molar-refractivity contribution in [1.82, 2.24) is 9.88 Å². The Kier molecular flexibility index (Phi) is 4.39. The molecular formula is C15H22N4. The Morgan fingerprint density at radius 3 is 2.74 bits per heavy atom. The average molecular weight is 258 g/mol. The highest BCUT2D eigenvalue weighted by Gasteiger charge is 2.18. The van der Waals surface area contributed by atoms with Gasteiger partial charge in [-0.25, -0.2) is 4.98 Å². The fraction of sp³-hybridized carbons (Fsp3) is 0.600. The standard InChI is InChI=1S/C15H22N4/c1-18(2)8-5-9-19(3)15-13(11-16)10-12-6-4-7-14(12)17-15/h10H,4-9H2,1-3H3. The first-order valence-electron chi connectivity index (χ1n) is 6.90. The van der Waals surface area contributed by atoms with Crippen molar-refractivity contribution in [3.8, 4) is 6.07 Å². The first-order valence-corrected chi connectivity index (χ1v) is 6.90. The molecule has 0 saturated heterocycles. The minimum atomic E-state index is 0.716. The van der Waals surface area contributed by atoms with Gasteiger partial charge in [-0.05, 0) is 58.0 Å². The average Bonchev–Trinajstić information content (AvgIpc) is 2.83. The molecule has 0 aliphatic heterocycles. The van der Waals surface area contributed by atoms with E-state index in [1.54, 1.807) is 0 Å². The molecule has 0 amide bonds. The number of hydrogen-bond donors (Lipinski definition) is 0. The predicted molar refractivity (Wildman–Crippen MR) is 77.4 cm³/mol. The Balaban J connectivity index is 2.12. The molecular weight excluding hydrogens is 236 g/mol. The topological polar surface area (TPSA) is 43.2 Å². The predicted octanol–water partition coefficient (Wildman–Crippen LogP) is 1.83. The number of nitriles is 1. The van der Waals surface area contributed by atoms with Crippen LogP contribution in [0.4, 0.5) is 5.82 Å². The number of pyridine rings is 1. The molecule has 1 aliphatic carbocycles. The first kappa shape index (κ1) is 13.8. The summed E-state index contributed by atoms with van der Waals surface area (Å²) in [6.45, 7) is 1.98. The van der Waals surface area contributed by atoms with Crippen LogP contribution in [0, 0.1) is 11.3 Å². The van der Waals surface area contributed by atoms with E-state index >= 15 is 0 Å². The van der Waals surface area contributed by atoms with Crippen molar-refractivity contribution in [1.29, 1.82) is 5.26 Å². The molecule has 0 aromatic carbocycles. The van der Waals surface area contributed by atoms with E-state index in [1.807, 2.05) is 13.1 Å². The molecule has 0 unspecified atom stereocenters. The largest absolute Gasteiger partial charge is 0.359 e. The van der Waals surface area contributed by atoms with Gasteiger partial charge in [-0.2, -0.15) is 5.26 Å². The second kappa shape index (κ2) is 6.03. The van der Waals surface area contributed by atoms with Gasteiger partial charge in [-0.1, -0.05) is 0 Å². The molecule has 0 bridgehead atoms. The molecule has 0 saturated carbocycles. The fourth-order valence-electron chi connectivity index (χ4n) is 2.56. The van der Waals surface area contributed by atoms with Crippen LogP contribution in [-0.2, 0) is 12.8 Å². The molecule has 0 N–H and O–H groups in total. The molecule has 4 heteroatoms. The Labute approximate surface area is 115 Å². The molecule has 0 radical (unpaired) electrons. The number of hydrogen-bond acceptors (Lipinski definition) is 4. The van der Waals surface area contributed by atoms with E-state index in [4.69, 9.17) is 4.98 Å². The van der Waals surface area contributed by atoms with Crippen LogP contribution >= 0.6 is 0 Å². The molecule has 1 aromatic rings. The summed E-state index contributed by atoms with van der Waals surface area (Å²) in [5.74, 6) is 0.849. The second-order valence-electron chi connectivity index (χ2n) is 5.51. The number of anilines is 1. The minimum absolute atomic E-state index is 0.716. The lowest BCUT2D eigenvalue weighted by Gasteiger charge is -2.21. The maximum Gasteiger partial charge on any atom is 0.146 e. The third-order valence-corrected chi connectivity index (χ3v) is 3.61. The van der Waals surface area contributed by atoms with Gasteiger partial charge >= 0.3 is 0 Å². The monoisotopic (exact) mass is 258 g/mol. The van der Waals surface area contributed by atoms with E-state index in [1.165, 1.54) is 17.7 Å². The normalized spacial score (nSPS) is 13.4. The maximum absolute atomic E-state index is 9.29. The molecule has 102 valence electrons. The number of aromatic nitrogens is 1. The van der Waals surface area contributed by atoms with Crippen molar-refractivity contribution in [2.24, 2.45) is 0 Å². The number of aryl methyl sites for hydroxylation is 2. The number of fused-ring (bicyclic) bond motifs is 1. The summed E-state index contributed by atoms with van der Waals surface area (Å²) in [6, 6.07) is 4.33. The summed E-state index contributed by atoms with van der Waals surface area (Å²) < 4.78 is 0.